The van der Waals surface area contributed by atoms with E-state index in [1.807, 2.05) is 0 Å². The summed E-state index contributed by atoms with van der Waals surface area (Å²) in [5.41, 5.74) is 0. The molecule has 1 aromatic heterocycles. The minimum absolute atomic E-state index is 0.0558. The van der Waals surface area contributed by atoms with Gasteiger partial charge >= 0.3 is 10.3 Å². The second kappa shape index (κ2) is 4.96. The summed E-state index contributed by atoms with van der Waals surface area (Å²) in [5.74, 6) is -1.00. The lowest BCUT2D eigenvalue weighted by Crippen LogP contribution is -2.68. The third kappa shape index (κ3) is 2.38. The molecule has 0 aromatic carbocycles. The number of nitrogens with one attached hydrogen (secondary N) is 1. The summed E-state index contributed by atoms with van der Waals surface area (Å²) in [6.07, 6.45) is 1.71. The Kier molecular flexibility index (Phi) is 3.37. The molecule has 3 heterocycles. The van der Waals surface area contributed by atoms with Crippen molar-refractivity contribution < 1.29 is 22.6 Å². The van der Waals surface area contributed by atoms with Crippen molar-refractivity contribution in [1.29, 1.82) is 0 Å². The van der Waals surface area contributed by atoms with Gasteiger partial charge in [-0.3, -0.25) is 19.2 Å². The van der Waals surface area contributed by atoms with E-state index in [-0.39, 0.29) is 18.2 Å². The van der Waals surface area contributed by atoms with Gasteiger partial charge in [-0.2, -0.15) is 8.42 Å². The topological polar surface area (TPSA) is 137 Å². The zero-order chi connectivity index (χ0) is 15.2. The van der Waals surface area contributed by atoms with Gasteiger partial charge in [0.2, 0.25) is 11.1 Å². The van der Waals surface area contributed by atoms with Crippen LogP contribution in [-0.2, 0) is 19.9 Å². The van der Waals surface area contributed by atoms with E-state index in [2.05, 4.69) is 15.2 Å². The molecule has 0 radical (unpaired) electrons. The molecule has 2 atom stereocenters. The number of β-lactam (4-membered cyclic amide) rings is 1. The highest BCUT2D eigenvalue weighted by Gasteiger charge is 2.59. The molecule has 21 heavy (non-hydrogen) atoms. The zero-order valence-electron chi connectivity index (χ0n) is 10.5. The number of fused-ring (bicyclic) bond motifs is 1. The Bertz CT molecular complexity index is 675. The number of carbonyl (C=O) groups excluding carboxylic acids is 2. The van der Waals surface area contributed by atoms with Crippen molar-refractivity contribution in [3.8, 4) is 0 Å². The second-order valence-electron chi connectivity index (χ2n) is 4.57. The molecular formula is C9H11N5O5S2. The van der Waals surface area contributed by atoms with Gasteiger partial charge in [-0.15, -0.1) is 5.10 Å². The van der Waals surface area contributed by atoms with Crippen LogP contribution in [0.2, 0.25) is 0 Å². The Hall–Kier alpha value is -1.66. The number of rotatable bonds is 4. The average molecular weight is 333 g/mol. The van der Waals surface area contributed by atoms with Crippen molar-refractivity contribution in [3.63, 3.8) is 0 Å². The number of carbonyl (C=O) groups is 2. The van der Waals surface area contributed by atoms with Crippen LogP contribution in [0.3, 0.4) is 0 Å². The molecule has 2 fully saturated rings. The first kappa shape index (κ1) is 14.3. The molecule has 114 valence electrons. The largest absolute Gasteiger partial charge is 0.362 e. The van der Waals surface area contributed by atoms with E-state index in [0.29, 0.717) is 15.9 Å². The van der Waals surface area contributed by atoms with Crippen LogP contribution in [0.25, 0.3) is 0 Å². The highest BCUT2D eigenvalue weighted by molar-refractivity contribution is 7.99. The fourth-order valence-electron chi connectivity index (χ4n) is 2.57. The summed E-state index contributed by atoms with van der Waals surface area (Å²) in [4.78, 5) is 29.1. The summed E-state index contributed by atoms with van der Waals surface area (Å²) in [6, 6.07) is -1.46. The van der Waals surface area contributed by atoms with Gasteiger partial charge in [0.1, 0.15) is 12.4 Å². The molecule has 0 unspecified atom stereocenters. The Morgan fingerprint density at radius 2 is 2.33 bits per heavy atom. The minimum Gasteiger partial charge on any atom is -0.328 e. The van der Waals surface area contributed by atoms with Crippen LogP contribution in [0.1, 0.15) is 6.42 Å². The van der Waals surface area contributed by atoms with Crippen molar-refractivity contribution in [2.45, 2.75) is 23.7 Å². The molecular weight excluding hydrogens is 322 g/mol. The molecule has 2 aliphatic heterocycles. The summed E-state index contributed by atoms with van der Waals surface area (Å²) in [5, 5.41) is 6.72. The first-order valence-corrected chi connectivity index (χ1v) is 8.36. The van der Waals surface area contributed by atoms with Gasteiger partial charge < -0.3 is 4.90 Å². The van der Waals surface area contributed by atoms with E-state index in [4.69, 9.17) is 4.55 Å². The second-order valence-corrected chi connectivity index (χ2v) is 6.80. The number of aromatic nitrogens is 3. The SMILES string of the molecule is O=C(CSc1nc[nH]n1)N1CC[C@@H]2[C@H]1C(=O)N2S(=O)(=O)O. The molecule has 2 saturated heterocycles. The third-order valence-corrected chi connectivity index (χ3v) is 5.22. The van der Waals surface area contributed by atoms with E-state index in [9.17, 15) is 18.0 Å². The molecule has 2 amide bonds. The van der Waals surface area contributed by atoms with E-state index < -0.39 is 28.3 Å². The predicted octanol–water partition coefficient (Wildman–Crippen LogP) is -1.49. The van der Waals surface area contributed by atoms with Gasteiger partial charge in [0.25, 0.3) is 5.91 Å². The fraction of sp³-hybridized carbons (Fsp3) is 0.556. The van der Waals surface area contributed by atoms with Crippen LogP contribution in [-0.4, -0.2) is 73.6 Å². The molecule has 2 aliphatic rings. The standard InChI is InChI=1S/C9H11N5O5S2/c15-6(3-20-9-10-4-11-12-9)13-2-1-5-7(13)8(16)14(5)21(17,18)19/h4-5,7H,1-3H2,(H,10,11,12)(H,17,18,19)/t5-,7+/m1/s1. The Morgan fingerprint density at radius 1 is 1.57 bits per heavy atom. The maximum absolute atomic E-state index is 12.1. The average Bonchev–Trinajstić information content (AvgIpc) is 3.00. The van der Waals surface area contributed by atoms with E-state index >= 15 is 0 Å². The van der Waals surface area contributed by atoms with Crippen molar-refractivity contribution in [3.05, 3.63) is 6.33 Å². The monoisotopic (exact) mass is 333 g/mol. The van der Waals surface area contributed by atoms with Crippen LogP contribution in [0.5, 0.6) is 0 Å². The van der Waals surface area contributed by atoms with Crippen LogP contribution in [0, 0.1) is 0 Å². The lowest BCUT2D eigenvalue weighted by molar-refractivity contribution is -0.150. The maximum atomic E-state index is 12.1. The summed E-state index contributed by atoms with van der Waals surface area (Å²) < 4.78 is 31.5. The van der Waals surface area contributed by atoms with Crippen molar-refractivity contribution in [1.82, 2.24) is 24.4 Å². The molecule has 0 aliphatic carbocycles. The number of hydrogen-bond donors (Lipinski definition) is 2. The van der Waals surface area contributed by atoms with Gasteiger partial charge in [-0.1, -0.05) is 11.8 Å². The van der Waals surface area contributed by atoms with Crippen molar-refractivity contribution >= 4 is 33.9 Å². The molecule has 0 bridgehead atoms. The zero-order valence-corrected chi connectivity index (χ0v) is 12.2. The Labute approximate surface area is 123 Å². The lowest BCUT2D eigenvalue weighted by Gasteiger charge is -2.42. The quantitative estimate of drug-likeness (QED) is 0.386. The van der Waals surface area contributed by atoms with E-state index in [1.165, 1.54) is 11.2 Å². The summed E-state index contributed by atoms with van der Waals surface area (Å²) >= 11 is 1.12. The number of thioether (sulfide) groups is 1. The molecule has 1 aromatic rings. The number of amides is 2. The molecule has 10 nitrogen and oxygen atoms in total. The Morgan fingerprint density at radius 3 is 2.95 bits per heavy atom. The van der Waals surface area contributed by atoms with E-state index in [0.717, 1.165) is 11.8 Å². The number of aromatic amines is 1. The maximum Gasteiger partial charge on any atom is 0.362 e. The van der Waals surface area contributed by atoms with Crippen LogP contribution in [0.15, 0.2) is 11.5 Å². The highest BCUT2D eigenvalue weighted by atomic mass is 32.2. The highest BCUT2D eigenvalue weighted by Crippen LogP contribution is 2.35. The van der Waals surface area contributed by atoms with Gasteiger partial charge in [0.15, 0.2) is 0 Å². The van der Waals surface area contributed by atoms with Crippen LogP contribution < -0.4 is 0 Å². The molecule has 0 spiro atoms. The van der Waals surface area contributed by atoms with Crippen molar-refractivity contribution in [2.75, 3.05) is 12.3 Å². The van der Waals surface area contributed by atoms with Gasteiger partial charge in [0.05, 0.1) is 11.8 Å². The Balaban J connectivity index is 1.64. The summed E-state index contributed by atoms with van der Waals surface area (Å²) in [6.45, 7) is 0.278. The predicted molar refractivity (Wildman–Crippen MR) is 69.4 cm³/mol. The summed E-state index contributed by atoms with van der Waals surface area (Å²) in [7, 11) is -4.55. The fourth-order valence-corrected chi connectivity index (χ4v) is 4.13. The normalized spacial score (nSPS) is 24.9. The number of likely N-dealkylation sites (tertiary alicyclic amines) is 1. The van der Waals surface area contributed by atoms with Crippen molar-refractivity contribution in [2.24, 2.45) is 0 Å². The van der Waals surface area contributed by atoms with E-state index in [1.54, 1.807) is 0 Å². The molecule has 12 heteroatoms. The van der Waals surface area contributed by atoms with Crippen LogP contribution in [0.4, 0.5) is 0 Å². The van der Waals surface area contributed by atoms with Gasteiger partial charge in [0, 0.05) is 6.54 Å². The van der Waals surface area contributed by atoms with Crippen LogP contribution >= 0.6 is 11.8 Å². The smallest absolute Gasteiger partial charge is 0.328 e. The third-order valence-electron chi connectivity index (χ3n) is 3.42. The number of nitrogens with zero attached hydrogens (tertiary/aromatic N) is 4. The van der Waals surface area contributed by atoms with Gasteiger partial charge in [-0.25, -0.2) is 9.29 Å². The molecule has 2 N–H and O–H groups in total. The molecule has 0 saturated carbocycles. The lowest BCUT2D eigenvalue weighted by atomic mass is 10.0. The number of hydrogen-bond acceptors (Lipinski definition) is 7. The first-order valence-electron chi connectivity index (χ1n) is 5.98. The molecule has 3 rings (SSSR count). The first-order chi connectivity index (χ1) is 9.89. The number of H-pyrrole nitrogens is 1. The van der Waals surface area contributed by atoms with Gasteiger partial charge in [-0.05, 0) is 6.42 Å². The minimum atomic E-state index is -4.55.